The van der Waals surface area contributed by atoms with Gasteiger partial charge >= 0.3 is 0 Å². The number of piperazine rings is 1. The Balaban J connectivity index is 1.76. The zero-order valence-electron chi connectivity index (χ0n) is 16.3. The molecule has 1 aromatic rings. The van der Waals surface area contributed by atoms with Gasteiger partial charge in [-0.3, -0.25) is 9.89 Å². The van der Waals surface area contributed by atoms with E-state index in [1.807, 2.05) is 11.3 Å². The lowest BCUT2D eigenvalue weighted by Crippen LogP contribution is -2.52. The summed E-state index contributed by atoms with van der Waals surface area (Å²) in [5.41, 5.74) is 0. The van der Waals surface area contributed by atoms with Crippen LogP contribution in [0.25, 0.3) is 0 Å². The molecule has 0 aliphatic carbocycles. The van der Waals surface area contributed by atoms with Crippen molar-refractivity contribution in [2.75, 3.05) is 52.9 Å². The van der Waals surface area contributed by atoms with E-state index < -0.39 is 0 Å². The molecular weight excluding hydrogens is 330 g/mol. The lowest BCUT2D eigenvalue weighted by atomic mass is 10.1. The summed E-state index contributed by atoms with van der Waals surface area (Å²) in [7, 11) is 2.20. The first-order chi connectivity index (χ1) is 12.1. The number of hydrogen-bond donors (Lipinski definition) is 2. The van der Waals surface area contributed by atoms with Crippen molar-refractivity contribution >= 4 is 17.3 Å². The number of hydrogen-bond acceptors (Lipinski definition) is 4. The van der Waals surface area contributed by atoms with Gasteiger partial charge in [-0.2, -0.15) is 0 Å². The van der Waals surface area contributed by atoms with Gasteiger partial charge in [0, 0.05) is 56.7 Å². The van der Waals surface area contributed by atoms with Gasteiger partial charge in [0.25, 0.3) is 0 Å². The minimum absolute atomic E-state index is 0.529. The smallest absolute Gasteiger partial charge is 0.191 e. The minimum Gasteiger partial charge on any atom is -0.357 e. The fourth-order valence-electron chi connectivity index (χ4n) is 3.06. The van der Waals surface area contributed by atoms with Crippen LogP contribution in [-0.2, 0) is 6.42 Å². The molecule has 0 aromatic carbocycles. The number of aliphatic imine (C=N–C) groups is 1. The van der Waals surface area contributed by atoms with Gasteiger partial charge in [-0.05, 0) is 44.7 Å². The van der Waals surface area contributed by atoms with E-state index >= 15 is 0 Å². The molecule has 2 atom stereocenters. The fraction of sp³-hybridized carbons (Fsp3) is 0.737. The van der Waals surface area contributed by atoms with E-state index in [4.69, 9.17) is 4.99 Å². The predicted molar refractivity (Wildman–Crippen MR) is 110 cm³/mol. The fourth-order valence-corrected chi connectivity index (χ4v) is 3.93. The Hall–Kier alpha value is -1.11. The van der Waals surface area contributed by atoms with E-state index in [0.717, 1.165) is 45.1 Å². The van der Waals surface area contributed by atoms with Crippen LogP contribution >= 0.6 is 11.3 Å². The van der Waals surface area contributed by atoms with Crippen molar-refractivity contribution in [3.05, 3.63) is 22.4 Å². The van der Waals surface area contributed by atoms with Crippen LogP contribution in [0.2, 0.25) is 0 Å². The molecular formula is C19H35N5S. The molecule has 0 saturated carbocycles. The van der Waals surface area contributed by atoms with Gasteiger partial charge in [-0.1, -0.05) is 13.0 Å². The first-order valence-corrected chi connectivity index (χ1v) is 10.4. The van der Waals surface area contributed by atoms with Crippen LogP contribution in [0.1, 0.15) is 25.6 Å². The summed E-state index contributed by atoms with van der Waals surface area (Å²) in [6, 6.07) is 4.87. The van der Waals surface area contributed by atoms with Crippen LogP contribution < -0.4 is 10.6 Å². The van der Waals surface area contributed by atoms with Crippen LogP contribution in [0.3, 0.4) is 0 Å². The van der Waals surface area contributed by atoms with E-state index in [9.17, 15) is 0 Å². The third kappa shape index (κ3) is 7.34. The Morgan fingerprint density at radius 3 is 2.64 bits per heavy atom. The summed E-state index contributed by atoms with van der Waals surface area (Å²) in [4.78, 5) is 11.2. The highest BCUT2D eigenvalue weighted by molar-refractivity contribution is 7.09. The van der Waals surface area contributed by atoms with Crippen molar-refractivity contribution in [2.24, 2.45) is 10.9 Å². The molecule has 25 heavy (non-hydrogen) atoms. The van der Waals surface area contributed by atoms with Crippen LogP contribution in [0, 0.1) is 5.92 Å². The number of likely N-dealkylation sites (N-methyl/N-ethyl adjacent to an activating group) is 1. The Morgan fingerprint density at radius 1 is 1.24 bits per heavy atom. The first kappa shape index (κ1) is 20.2. The maximum Gasteiger partial charge on any atom is 0.191 e. The summed E-state index contributed by atoms with van der Waals surface area (Å²) < 4.78 is 0. The molecule has 5 nitrogen and oxygen atoms in total. The van der Waals surface area contributed by atoms with Gasteiger partial charge in [0.05, 0.1) is 0 Å². The molecule has 1 aromatic heterocycles. The molecule has 1 fully saturated rings. The molecule has 0 radical (unpaired) electrons. The molecule has 1 aliphatic rings. The minimum atomic E-state index is 0.529. The highest BCUT2D eigenvalue weighted by atomic mass is 32.1. The van der Waals surface area contributed by atoms with Crippen molar-refractivity contribution in [3.8, 4) is 0 Å². The Labute approximate surface area is 157 Å². The van der Waals surface area contributed by atoms with Gasteiger partial charge in [-0.15, -0.1) is 11.3 Å². The van der Waals surface area contributed by atoms with Gasteiger partial charge in [0.15, 0.2) is 5.96 Å². The Kier molecular flexibility index (Phi) is 8.72. The predicted octanol–water partition coefficient (Wildman–Crippen LogP) is 2.12. The lowest BCUT2D eigenvalue weighted by molar-refractivity contribution is 0.120. The maximum absolute atomic E-state index is 4.80. The number of rotatable bonds is 8. The van der Waals surface area contributed by atoms with Crippen LogP contribution in [0.4, 0.5) is 0 Å². The molecule has 2 unspecified atom stereocenters. The van der Waals surface area contributed by atoms with Crippen LogP contribution in [0.5, 0.6) is 0 Å². The zero-order valence-corrected chi connectivity index (χ0v) is 17.1. The molecule has 2 heterocycles. The van der Waals surface area contributed by atoms with E-state index in [1.54, 1.807) is 0 Å². The summed E-state index contributed by atoms with van der Waals surface area (Å²) in [5.74, 6) is 1.51. The molecule has 0 spiro atoms. The number of nitrogens with one attached hydrogen (secondary N) is 2. The second-order valence-corrected chi connectivity index (χ2v) is 8.21. The van der Waals surface area contributed by atoms with Crippen LogP contribution in [0.15, 0.2) is 22.5 Å². The Bertz CT molecular complexity index is 494. The van der Waals surface area contributed by atoms with Gasteiger partial charge in [0.1, 0.15) is 0 Å². The third-order valence-electron chi connectivity index (χ3n) is 4.76. The van der Waals surface area contributed by atoms with Gasteiger partial charge in [0.2, 0.25) is 0 Å². The molecule has 0 amide bonds. The maximum atomic E-state index is 4.80. The van der Waals surface area contributed by atoms with Crippen molar-refractivity contribution in [1.82, 2.24) is 20.4 Å². The van der Waals surface area contributed by atoms with Gasteiger partial charge in [-0.25, -0.2) is 0 Å². The van der Waals surface area contributed by atoms with E-state index in [1.165, 1.54) is 18.0 Å². The summed E-state index contributed by atoms with van der Waals surface area (Å²) in [6.07, 6.45) is 1.11. The van der Waals surface area contributed by atoms with Crippen molar-refractivity contribution < 1.29 is 0 Å². The summed E-state index contributed by atoms with van der Waals surface area (Å²) in [6.45, 7) is 14.0. The highest BCUT2D eigenvalue weighted by Gasteiger charge is 2.19. The molecule has 0 bridgehead atoms. The SMILES string of the molecule is CCNC(=NCC(C)Cc1cccs1)NCC(C)N1CCN(C)CC1. The quantitative estimate of drug-likeness (QED) is 0.547. The first-order valence-electron chi connectivity index (χ1n) is 9.55. The summed E-state index contributed by atoms with van der Waals surface area (Å²) >= 11 is 1.84. The molecule has 142 valence electrons. The van der Waals surface area contributed by atoms with Crippen LogP contribution in [-0.4, -0.2) is 74.7 Å². The second-order valence-electron chi connectivity index (χ2n) is 7.18. The molecule has 6 heteroatoms. The molecule has 1 aliphatic heterocycles. The van der Waals surface area contributed by atoms with Crippen molar-refractivity contribution in [1.29, 1.82) is 0 Å². The van der Waals surface area contributed by atoms with Crippen molar-refractivity contribution in [2.45, 2.75) is 33.2 Å². The van der Waals surface area contributed by atoms with Crippen molar-refractivity contribution in [3.63, 3.8) is 0 Å². The topological polar surface area (TPSA) is 42.9 Å². The normalized spacial score (nSPS) is 19.6. The number of thiophene rings is 1. The second kappa shape index (κ2) is 10.8. The monoisotopic (exact) mass is 365 g/mol. The lowest BCUT2D eigenvalue weighted by Gasteiger charge is -2.36. The van der Waals surface area contributed by atoms with E-state index in [0.29, 0.717) is 12.0 Å². The number of nitrogens with zero attached hydrogens (tertiary/aromatic N) is 3. The van der Waals surface area contributed by atoms with E-state index in [-0.39, 0.29) is 0 Å². The molecule has 2 rings (SSSR count). The zero-order chi connectivity index (χ0) is 18.1. The van der Waals surface area contributed by atoms with Gasteiger partial charge < -0.3 is 15.5 Å². The highest BCUT2D eigenvalue weighted by Crippen LogP contribution is 2.14. The standard InChI is InChI=1S/C19H35N5S/c1-5-20-19(21-14-16(2)13-18-7-6-12-25-18)22-15-17(3)24-10-8-23(4)9-11-24/h6-7,12,16-17H,5,8-11,13-15H2,1-4H3,(H2,20,21,22). The molecule has 2 N–H and O–H groups in total. The Morgan fingerprint density at radius 2 is 2.00 bits per heavy atom. The summed E-state index contributed by atoms with van der Waals surface area (Å²) in [5, 5.41) is 9.06. The third-order valence-corrected chi connectivity index (χ3v) is 5.66. The average Bonchev–Trinajstić information content (AvgIpc) is 3.10. The largest absolute Gasteiger partial charge is 0.357 e. The molecule has 1 saturated heterocycles. The average molecular weight is 366 g/mol. The van der Waals surface area contributed by atoms with E-state index in [2.05, 4.69) is 65.8 Å². The number of guanidine groups is 1.